The average Bonchev–Trinajstić information content (AvgIpc) is 3.07. The number of nitrogens with zero attached hydrogens (tertiary/aromatic N) is 3. The summed E-state index contributed by atoms with van der Waals surface area (Å²) in [6.07, 6.45) is 2.00. The lowest BCUT2D eigenvalue weighted by Gasteiger charge is -2.51. The molecule has 1 unspecified atom stereocenters. The minimum atomic E-state index is -4.65. The molecule has 6 nitrogen and oxygen atoms in total. The van der Waals surface area contributed by atoms with Crippen LogP contribution in [-0.2, 0) is 6.18 Å². The molecule has 1 amide bonds. The number of hydrogen-bond donors (Lipinski definition) is 1. The third-order valence-corrected chi connectivity index (χ3v) is 9.18. The first kappa shape index (κ1) is 29.0. The van der Waals surface area contributed by atoms with Gasteiger partial charge in [0.2, 0.25) is 0 Å². The van der Waals surface area contributed by atoms with E-state index in [1.165, 1.54) is 6.07 Å². The zero-order valence-corrected chi connectivity index (χ0v) is 24.4. The van der Waals surface area contributed by atoms with Crippen molar-refractivity contribution in [2.75, 3.05) is 18.4 Å². The highest BCUT2D eigenvalue weighted by molar-refractivity contribution is 6.09. The number of aromatic nitrogens is 2. The maximum atomic E-state index is 14.0. The SMILES string of the molecule is C=C[C@H]1CN2CC[C@H]1C[C@H]2[C@@H](Oc1ccc(C(F)(F)F)cc1C(=O)Nc1cccc2cccnc12)c1ccnc2ccccc12. The van der Waals surface area contributed by atoms with Crippen molar-refractivity contribution < 1.29 is 22.7 Å². The van der Waals surface area contributed by atoms with E-state index < -0.39 is 23.8 Å². The average molecular weight is 609 g/mol. The minimum absolute atomic E-state index is 0.0637. The molecule has 0 aliphatic carbocycles. The first-order chi connectivity index (χ1) is 21.8. The molecule has 1 N–H and O–H groups in total. The summed E-state index contributed by atoms with van der Waals surface area (Å²) >= 11 is 0. The molecule has 3 aliphatic heterocycles. The fourth-order valence-electron chi connectivity index (χ4n) is 6.93. The third kappa shape index (κ3) is 5.53. The number of pyridine rings is 2. The molecular formula is C36H31F3N4O2. The molecule has 228 valence electrons. The second kappa shape index (κ2) is 11.6. The Morgan fingerprint density at radius 2 is 1.87 bits per heavy atom. The summed E-state index contributed by atoms with van der Waals surface area (Å²) in [5.41, 5.74) is 1.45. The second-order valence-corrected chi connectivity index (χ2v) is 11.7. The van der Waals surface area contributed by atoms with Gasteiger partial charge in [-0.3, -0.25) is 19.7 Å². The van der Waals surface area contributed by atoms with Crippen molar-refractivity contribution in [2.45, 2.75) is 31.2 Å². The molecule has 0 saturated carbocycles. The fourth-order valence-corrected chi connectivity index (χ4v) is 6.93. The van der Waals surface area contributed by atoms with E-state index in [-0.39, 0.29) is 17.4 Å². The van der Waals surface area contributed by atoms with Crippen molar-refractivity contribution in [1.82, 2.24) is 14.9 Å². The van der Waals surface area contributed by atoms with Crippen LogP contribution in [0, 0.1) is 11.8 Å². The fraction of sp³-hybridized carbons (Fsp3) is 0.250. The largest absolute Gasteiger partial charge is 0.483 e. The molecule has 8 rings (SSSR count). The number of amides is 1. The molecule has 5 heterocycles. The van der Waals surface area contributed by atoms with E-state index in [0.29, 0.717) is 23.0 Å². The Bertz CT molecular complexity index is 1900. The van der Waals surface area contributed by atoms with Crippen LogP contribution in [0.3, 0.4) is 0 Å². The summed E-state index contributed by atoms with van der Waals surface area (Å²) < 4.78 is 48.7. The molecule has 5 aromatic rings. The molecule has 3 aromatic carbocycles. The van der Waals surface area contributed by atoms with Crippen LogP contribution in [0.15, 0.2) is 104 Å². The lowest BCUT2D eigenvalue weighted by molar-refractivity contribution is -0.137. The Balaban J connectivity index is 1.32. The van der Waals surface area contributed by atoms with E-state index in [9.17, 15) is 18.0 Å². The molecule has 0 spiro atoms. The number of ether oxygens (including phenoxy) is 1. The highest BCUT2D eigenvalue weighted by Gasteiger charge is 2.44. The molecular weight excluding hydrogens is 577 g/mol. The summed E-state index contributed by atoms with van der Waals surface area (Å²) in [6, 6.07) is 21.6. The summed E-state index contributed by atoms with van der Waals surface area (Å²) in [6.45, 7) is 5.76. The van der Waals surface area contributed by atoms with Crippen LogP contribution in [0.4, 0.5) is 18.9 Å². The number of carbonyl (C=O) groups excluding carboxylic acids is 1. The maximum absolute atomic E-state index is 14.0. The number of fused-ring (bicyclic) bond motifs is 5. The van der Waals surface area contributed by atoms with Crippen LogP contribution >= 0.6 is 0 Å². The Hall–Kier alpha value is -4.76. The van der Waals surface area contributed by atoms with Gasteiger partial charge in [-0.1, -0.05) is 42.5 Å². The monoisotopic (exact) mass is 608 g/mol. The molecule has 3 aliphatic rings. The molecule has 45 heavy (non-hydrogen) atoms. The Morgan fingerprint density at radius 1 is 1.02 bits per heavy atom. The number of carbonyl (C=O) groups is 1. The van der Waals surface area contributed by atoms with E-state index in [2.05, 4.69) is 26.8 Å². The Labute approximate surface area is 258 Å². The van der Waals surface area contributed by atoms with Crippen molar-refractivity contribution in [1.29, 1.82) is 0 Å². The molecule has 5 atom stereocenters. The van der Waals surface area contributed by atoms with Gasteiger partial charge in [-0.2, -0.15) is 13.2 Å². The van der Waals surface area contributed by atoms with E-state index in [4.69, 9.17) is 4.74 Å². The van der Waals surface area contributed by atoms with Crippen molar-refractivity contribution >= 4 is 33.4 Å². The standard InChI is InChI=1S/C36H31F3N4O2/c1-2-22-21-43-18-15-24(22)19-31(43)34(27-14-17-40-29-10-4-3-9-26(27)29)45-32-13-12-25(36(37,38)39)20-28(32)35(44)42-30-11-5-7-23-8-6-16-41-33(23)30/h2-14,16-17,20,22,24,31,34H,1,15,18-19,21H2,(H,42,44)/t22-,24-,31-,34-/m0/s1. The van der Waals surface area contributed by atoms with Gasteiger partial charge in [0.15, 0.2) is 0 Å². The molecule has 2 bridgehead atoms. The Morgan fingerprint density at radius 3 is 2.67 bits per heavy atom. The zero-order valence-electron chi connectivity index (χ0n) is 24.4. The number of benzene rings is 3. The number of anilines is 1. The predicted molar refractivity (Wildman–Crippen MR) is 168 cm³/mol. The van der Waals surface area contributed by atoms with Crippen molar-refractivity contribution in [3.8, 4) is 5.75 Å². The van der Waals surface area contributed by atoms with Crippen LogP contribution in [0.1, 0.15) is 40.4 Å². The Kier molecular flexibility index (Phi) is 7.49. The summed E-state index contributed by atoms with van der Waals surface area (Å²) in [5.74, 6) is 0.143. The highest BCUT2D eigenvalue weighted by atomic mass is 19.4. The summed E-state index contributed by atoms with van der Waals surface area (Å²) in [7, 11) is 0. The number of piperidine rings is 3. The first-order valence-corrected chi connectivity index (χ1v) is 15.0. The normalized spacial score (nSPS) is 21.8. The van der Waals surface area contributed by atoms with E-state index >= 15 is 0 Å². The first-order valence-electron chi connectivity index (χ1n) is 15.0. The van der Waals surface area contributed by atoms with Gasteiger partial charge >= 0.3 is 6.18 Å². The van der Waals surface area contributed by atoms with Gasteiger partial charge in [-0.15, -0.1) is 6.58 Å². The lowest BCUT2D eigenvalue weighted by Crippen LogP contribution is -2.55. The molecule has 2 aromatic heterocycles. The van der Waals surface area contributed by atoms with Crippen LogP contribution in [0.2, 0.25) is 0 Å². The lowest BCUT2D eigenvalue weighted by atomic mass is 9.73. The number of hydrogen-bond acceptors (Lipinski definition) is 5. The number of rotatable bonds is 7. The van der Waals surface area contributed by atoms with Crippen molar-refractivity contribution in [3.05, 3.63) is 121 Å². The van der Waals surface area contributed by atoms with Crippen LogP contribution in [0.25, 0.3) is 21.8 Å². The van der Waals surface area contributed by atoms with E-state index in [1.807, 2.05) is 48.5 Å². The van der Waals surface area contributed by atoms with E-state index in [0.717, 1.165) is 59.9 Å². The highest BCUT2D eigenvalue weighted by Crippen LogP contribution is 2.44. The quantitative estimate of drug-likeness (QED) is 0.189. The molecule has 0 radical (unpaired) electrons. The van der Waals surface area contributed by atoms with E-state index in [1.54, 1.807) is 30.6 Å². The van der Waals surface area contributed by atoms with Gasteiger partial charge in [-0.25, -0.2) is 0 Å². The van der Waals surface area contributed by atoms with Gasteiger partial charge in [-0.05, 0) is 73.7 Å². The predicted octanol–water partition coefficient (Wildman–Crippen LogP) is 8.07. The second-order valence-electron chi connectivity index (χ2n) is 11.7. The van der Waals surface area contributed by atoms with Crippen molar-refractivity contribution in [2.24, 2.45) is 11.8 Å². The van der Waals surface area contributed by atoms with Gasteiger partial charge < -0.3 is 10.1 Å². The number of halogens is 3. The smallest absolute Gasteiger partial charge is 0.416 e. The maximum Gasteiger partial charge on any atom is 0.416 e. The topological polar surface area (TPSA) is 67.3 Å². The zero-order chi connectivity index (χ0) is 31.1. The number of para-hydroxylation sites is 2. The van der Waals surface area contributed by atoms with Gasteiger partial charge in [0, 0.05) is 35.3 Å². The number of alkyl halides is 3. The van der Waals surface area contributed by atoms with Gasteiger partial charge in [0.25, 0.3) is 5.91 Å². The van der Waals surface area contributed by atoms with Crippen molar-refractivity contribution in [3.63, 3.8) is 0 Å². The van der Waals surface area contributed by atoms with Gasteiger partial charge in [0.05, 0.1) is 33.9 Å². The van der Waals surface area contributed by atoms with Crippen LogP contribution in [0.5, 0.6) is 5.75 Å². The summed E-state index contributed by atoms with van der Waals surface area (Å²) in [5, 5.41) is 4.49. The number of nitrogens with one attached hydrogen (secondary N) is 1. The molecule has 3 fully saturated rings. The summed E-state index contributed by atoms with van der Waals surface area (Å²) in [4.78, 5) is 25.1. The minimum Gasteiger partial charge on any atom is -0.483 e. The third-order valence-electron chi connectivity index (χ3n) is 9.18. The van der Waals surface area contributed by atoms with Crippen LogP contribution < -0.4 is 10.1 Å². The van der Waals surface area contributed by atoms with Gasteiger partial charge in [0.1, 0.15) is 11.9 Å². The molecule has 9 heteroatoms. The molecule has 3 saturated heterocycles. The van der Waals surface area contributed by atoms with Crippen LogP contribution in [-0.4, -0.2) is 39.9 Å².